The van der Waals surface area contributed by atoms with Gasteiger partial charge in [0.2, 0.25) is 15.9 Å². The highest BCUT2D eigenvalue weighted by Crippen LogP contribution is 2.32. The summed E-state index contributed by atoms with van der Waals surface area (Å²) in [7, 11) is 0.408. The van der Waals surface area contributed by atoms with Crippen molar-refractivity contribution < 1.29 is 46.9 Å². The van der Waals surface area contributed by atoms with Crippen molar-refractivity contribution in [2.45, 2.75) is 63.3 Å². The van der Waals surface area contributed by atoms with Crippen LogP contribution in [0.25, 0.3) is 11.1 Å². The molecule has 5 rings (SSSR count). The highest BCUT2D eigenvalue weighted by molar-refractivity contribution is 7.92. The minimum Gasteiger partial charge on any atom is -0.493 e. The number of ketones is 1. The number of aliphatic hydroxyl groups is 1. The van der Waals surface area contributed by atoms with Gasteiger partial charge in [-0.25, -0.2) is 8.42 Å². The van der Waals surface area contributed by atoms with Crippen molar-refractivity contribution in [2.75, 3.05) is 51.6 Å². The average molecular weight is 956 g/mol. The van der Waals surface area contributed by atoms with Gasteiger partial charge in [0, 0.05) is 68.8 Å². The lowest BCUT2D eigenvalue weighted by molar-refractivity contribution is -0.134. The van der Waals surface area contributed by atoms with E-state index in [4.69, 9.17) is 25.8 Å². The molecular weight excluding hydrogens is 896 g/mol. The number of aryl methyl sites for hydroxylation is 1. The van der Waals surface area contributed by atoms with Crippen LogP contribution in [0.5, 0.6) is 5.75 Å². The van der Waals surface area contributed by atoms with Gasteiger partial charge in [0.1, 0.15) is 11.9 Å². The van der Waals surface area contributed by atoms with Crippen molar-refractivity contribution in [1.82, 2.24) is 16.0 Å². The summed E-state index contributed by atoms with van der Waals surface area (Å²) >= 11 is 5.97. The number of rotatable bonds is 25. The summed E-state index contributed by atoms with van der Waals surface area (Å²) in [6.07, 6.45) is -0.659. The van der Waals surface area contributed by atoms with Gasteiger partial charge in [-0.15, -0.1) is 0 Å². The summed E-state index contributed by atoms with van der Waals surface area (Å²) < 4.78 is 43.4. The summed E-state index contributed by atoms with van der Waals surface area (Å²) in [6, 6.07) is 34.3. The minimum atomic E-state index is -3.83. The number of hydrogen-bond donors (Lipinski definition) is 4. The third-order valence-electron chi connectivity index (χ3n) is 11.2. The third kappa shape index (κ3) is 15.8. The summed E-state index contributed by atoms with van der Waals surface area (Å²) in [5.41, 5.74) is 4.26. The highest BCUT2D eigenvalue weighted by atomic mass is 35.5. The predicted molar refractivity (Wildman–Crippen MR) is 260 cm³/mol. The maximum Gasteiger partial charge on any atom is 0.251 e. The second-order valence-electron chi connectivity index (χ2n) is 16.2. The average Bonchev–Trinajstić information content (AvgIpc) is 3.33. The minimum absolute atomic E-state index is 0.0243. The Morgan fingerprint density at radius 3 is 2.04 bits per heavy atom. The number of anilines is 1. The Labute approximate surface area is 398 Å². The fourth-order valence-corrected chi connectivity index (χ4v) is 7.87. The van der Waals surface area contributed by atoms with E-state index >= 15 is 0 Å². The zero-order valence-electron chi connectivity index (χ0n) is 38.4. The first kappa shape index (κ1) is 51.9. The number of Topliss-reactive ketones (excluding diaryl/α,β-unsaturated/α-hetero) is 1. The van der Waals surface area contributed by atoms with Gasteiger partial charge in [-0.1, -0.05) is 96.5 Å². The second kappa shape index (κ2) is 25.1. The van der Waals surface area contributed by atoms with Crippen LogP contribution in [-0.2, 0) is 41.9 Å². The van der Waals surface area contributed by atoms with Crippen molar-refractivity contribution >= 4 is 50.8 Å². The predicted octanol–water partition coefficient (Wildman–Crippen LogP) is 6.73. The topological polar surface area (TPSA) is 190 Å². The summed E-state index contributed by atoms with van der Waals surface area (Å²) in [5.74, 6) is -1.53. The number of carbonyl (C=O) groups excluding carboxylic acids is 4. The molecule has 0 unspecified atom stereocenters. The lowest BCUT2D eigenvalue weighted by atomic mass is 9.95. The summed E-state index contributed by atoms with van der Waals surface area (Å²) in [5, 5.41) is 20.9. The Kier molecular flexibility index (Phi) is 19.5. The van der Waals surface area contributed by atoms with E-state index in [0.717, 1.165) is 38.4 Å². The SMILES string of the molecule is COCCCOc1cc(CC[C@H](NC(=O)c2cc(C(=O)N[C@H](C)c3ccccc3)cc(N(C)S(C)(=O)=O)c2)[C@@H](O)C[C@@H](OC)C(=O)NCC(=O)Cc2ccc(Cl)cc2)ccc1-c1ccccc1. The maximum absolute atomic E-state index is 14.4. The smallest absolute Gasteiger partial charge is 0.251 e. The van der Waals surface area contributed by atoms with E-state index < -0.39 is 52.0 Å². The molecule has 14 nitrogen and oxygen atoms in total. The number of hydrogen-bond acceptors (Lipinski definition) is 10. The first-order valence-corrected chi connectivity index (χ1v) is 24.1. The molecule has 0 spiro atoms. The molecule has 0 heterocycles. The number of nitrogens with one attached hydrogen (secondary N) is 3. The normalized spacial score (nSPS) is 13.1. The Bertz CT molecular complexity index is 2550. The van der Waals surface area contributed by atoms with Crippen molar-refractivity contribution in [3.8, 4) is 16.9 Å². The number of amides is 3. The zero-order valence-corrected chi connectivity index (χ0v) is 39.9. The van der Waals surface area contributed by atoms with Crippen LogP contribution in [0, 0.1) is 0 Å². The van der Waals surface area contributed by atoms with Crippen LogP contribution in [-0.4, -0.2) is 103 Å². The van der Waals surface area contributed by atoms with Crippen LogP contribution in [0.1, 0.15) is 69.6 Å². The van der Waals surface area contributed by atoms with Gasteiger partial charge in [-0.3, -0.25) is 23.5 Å². The molecule has 0 saturated carbocycles. The number of aliphatic hydroxyl groups excluding tert-OH is 1. The lowest BCUT2D eigenvalue weighted by Crippen LogP contribution is -2.48. The molecule has 0 bridgehead atoms. The van der Waals surface area contributed by atoms with E-state index in [1.54, 1.807) is 38.3 Å². The van der Waals surface area contributed by atoms with E-state index in [9.17, 15) is 32.7 Å². The Hall–Kier alpha value is -6.10. The molecule has 0 radical (unpaired) electrons. The molecule has 16 heteroatoms. The van der Waals surface area contributed by atoms with Crippen LogP contribution < -0.4 is 25.0 Å². The monoisotopic (exact) mass is 954 g/mol. The quantitative estimate of drug-likeness (QED) is 0.0457. The van der Waals surface area contributed by atoms with E-state index in [0.29, 0.717) is 36.8 Å². The number of methoxy groups -OCH3 is 2. The summed E-state index contributed by atoms with van der Waals surface area (Å²) in [6.45, 7) is 2.44. The number of halogens is 1. The molecule has 0 fully saturated rings. The van der Waals surface area contributed by atoms with Gasteiger partial charge >= 0.3 is 0 Å². The molecule has 0 aliphatic carbocycles. The van der Waals surface area contributed by atoms with Crippen LogP contribution in [0.15, 0.2) is 121 Å². The molecular formula is C51H59ClN4O10S. The van der Waals surface area contributed by atoms with Crippen molar-refractivity contribution in [3.63, 3.8) is 0 Å². The fourth-order valence-electron chi connectivity index (χ4n) is 7.26. The molecule has 67 heavy (non-hydrogen) atoms. The van der Waals surface area contributed by atoms with E-state index in [-0.39, 0.29) is 48.4 Å². The largest absolute Gasteiger partial charge is 0.493 e. The molecule has 4 atom stereocenters. The van der Waals surface area contributed by atoms with Crippen LogP contribution in [0.4, 0.5) is 5.69 Å². The molecule has 5 aromatic rings. The molecule has 5 aromatic carbocycles. The number of benzene rings is 5. The number of carbonyl (C=O) groups is 4. The van der Waals surface area contributed by atoms with Crippen LogP contribution in [0.3, 0.4) is 0 Å². The second-order valence-corrected chi connectivity index (χ2v) is 18.7. The maximum atomic E-state index is 14.4. The Balaban J connectivity index is 1.42. The number of ether oxygens (including phenoxy) is 3. The Morgan fingerprint density at radius 2 is 1.42 bits per heavy atom. The number of nitrogens with zero attached hydrogens (tertiary/aromatic N) is 1. The van der Waals surface area contributed by atoms with Gasteiger partial charge < -0.3 is 35.3 Å². The van der Waals surface area contributed by atoms with Crippen LogP contribution in [0.2, 0.25) is 5.02 Å². The number of sulfonamides is 1. The van der Waals surface area contributed by atoms with Crippen LogP contribution >= 0.6 is 11.6 Å². The first-order chi connectivity index (χ1) is 32.1. The highest BCUT2D eigenvalue weighted by Gasteiger charge is 2.30. The van der Waals surface area contributed by atoms with Crippen molar-refractivity contribution in [2.24, 2.45) is 0 Å². The van der Waals surface area contributed by atoms with E-state index in [2.05, 4.69) is 16.0 Å². The van der Waals surface area contributed by atoms with Crippen molar-refractivity contribution in [1.29, 1.82) is 0 Å². The van der Waals surface area contributed by atoms with E-state index in [1.165, 1.54) is 32.4 Å². The van der Waals surface area contributed by atoms with Gasteiger partial charge in [0.25, 0.3) is 11.8 Å². The van der Waals surface area contributed by atoms with Gasteiger partial charge in [0.15, 0.2) is 5.78 Å². The van der Waals surface area contributed by atoms with E-state index in [1.807, 2.05) is 78.9 Å². The van der Waals surface area contributed by atoms with Gasteiger partial charge in [0.05, 0.1) is 43.3 Å². The van der Waals surface area contributed by atoms with Crippen molar-refractivity contribution in [3.05, 3.63) is 154 Å². The summed E-state index contributed by atoms with van der Waals surface area (Å²) in [4.78, 5) is 54.3. The Morgan fingerprint density at radius 1 is 0.791 bits per heavy atom. The molecule has 0 aliphatic rings. The molecule has 0 saturated heterocycles. The van der Waals surface area contributed by atoms with Gasteiger partial charge in [-0.2, -0.15) is 0 Å². The molecule has 0 aromatic heterocycles. The molecule has 356 valence electrons. The third-order valence-corrected chi connectivity index (χ3v) is 12.6. The lowest BCUT2D eigenvalue weighted by Gasteiger charge is -2.27. The molecule has 0 aliphatic heterocycles. The fraction of sp³-hybridized carbons (Fsp3) is 0.333. The first-order valence-electron chi connectivity index (χ1n) is 21.9. The van der Waals surface area contributed by atoms with Gasteiger partial charge in [-0.05, 0) is 78.4 Å². The molecule has 4 N–H and O–H groups in total. The standard InChI is InChI=1S/C51H59ClN4O10S/c1-34(37-13-8-6-9-14-37)54-49(59)39-29-40(31-42(30-39)56(2)67(5,62)63)50(60)55-45(46(58)32-48(65-4)51(61)53-33-43(57)27-35-17-21-41(52)22-18-35)24-20-36-19-23-44(38-15-10-7-11-16-38)47(28-36)66-26-12-25-64-3/h6-11,13-19,21-23,28-31,34,45-46,48,58H,12,20,24-27,32-33H2,1-5H3,(H,53,61)(H,54,59)(H,55,60)/t34-,45+,46+,48-/m1/s1. The zero-order chi connectivity index (χ0) is 48.5. The molecule has 3 amide bonds.